The minimum atomic E-state index is -0.647. The number of aliphatic hydroxyl groups is 1. The SMILES string of the molecule is NC(CO)COc1cc(Cl)c(-c2nnc(-c3ccc(N=O)c(Cl)c3)s2)cc1F. The predicted octanol–water partition coefficient (Wildman–Crippen LogP) is 4.41. The fraction of sp³-hybridized carbons (Fsp3) is 0.176. The third-order valence-electron chi connectivity index (χ3n) is 3.66. The van der Waals surface area contributed by atoms with Crippen LogP contribution in [0.1, 0.15) is 0 Å². The molecule has 0 saturated carbocycles. The van der Waals surface area contributed by atoms with E-state index in [0.717, 1.165) is 0 Å². The molecule has 3 N–H and O–H groups in total. The molecule has 1 aromatic heterocycles. The van der Waals surface area contributed by atoms with E-state index in [9.17, 15) is 9.30 Å². The maximum atomic E-state index is 14.3. The normalized spacial score (nSPS) is 12.0. The number of nitrogens with two attached hydrogens (primary N) is 1. The van der Waals surface area contributed by atoms with Gasteiger partial charge in [-0.3, -0.25) is 0 Å². The summed E-state index contributed by atoms with van der Waals surface area (Å²) in [6.07, 6.45) is 0. The van der Waals surface area contributed by atoms with Crippen LogP contribution in [0.15, 0.2) is 35.5 Å². The van der Waals surface area contributed by atoms with E-state index in [1.807, 2.05) is 0 Å². The van der Waals surface area contributed by atoms with E-state index in [1.165, 1.54) is 29.5 Å². The van der Waals surface area contributed by atoms with Crippen LogP contribution in [0.5, 0.6) is 5.75 Å². The van der Waals surface area contributed by atoms with E-state index in [1.54, 1.807) is 12.1 Å². The Morgan fingerprint density at radius 3 is 2.64 bits per heavy atom. The van der Waals surface area contributed by atoms with Crippen molar-refractivity contribution in [1.82, 2.24) is 10.2 Å². The van der Waals surface area contributed by atoms with Crippen LogP contribution in [0, 0.1) is 10.7 Å². The molecule has 1 atom stereocenters. The smallest absolute Gasteiger partial charge is 0.165 e. The van der Waals surface area contributed by atoms with Crippen LogP contribution in [0.25, 0.3) is 21.1 Å². The molecule has 7 nitrogen and oxygen atoms in total. The van der Waals surface area contributed by atoms with Gasteiger partial charge in [0.15, 0.2) is 11.6 Å². The van der Waals surface area contributed by atoms with Crippen LogP contribution in [-0.4, -0.2) is 34.6 Å². The Bertz CT molecular complexity index is 1020. The molecule has 11 heteroatoms. The summed E-state index contributed by atoms with van der Waals surface area (Å²) in [7, 11) is 0. The fourth-order valence-corrected chi connectivity index (χ4v) is 3.60. The average Bonchev–Trinajstić information content (AvgIpc) is 3.17. The summed E-state index contributed by atoms with van der Waals surface area (Å²) in [5.41, 5.74) is 6.64. The van der Waals surface area contributed by atoms with Gasteiger partial charge in [0.1, 0.15) is 22.3 Å². The van der Waals surface area contributed by atoms with Crippen molar-refractivity contribution in [3.05, 3.63) is 51.1 Å². The Morgan fingerprint density at radius 1 is 1.21 bits per heavy atom. The highest BCUT2D eigenvalue weighted by atomic mass is 35.5. The van der Waals surface area contributed by atoms with Gasteiger partial charge in [-0.25, -0.2) is 4.39 Å². The summed E-state index contributed by atoms with van der Waals surface area (Å²) < 4.78 is 19.6. The van der Waals surface area contributed by atoms with Gasteiger partial charge in [0.2, 0.25) is 0 Å². The van der Waals surface area contributed by atoms with Gasteiger partial charge in [-0.15, -0.1) is 15.1 Å². The summed E-state index contributed by atoms with van der Waals surface area (Å²) in [5.74, 6) is -0.725. The summed E-state index contributed by atoms with van der Waals surface area (Å²) in [5, 5.41) is 21.2. The number of hydrogen-bond acceptors (Lipinski definition) is 8. The Balaban J connectivity index is 1.87. The number of nitrogens with zero attached hydrogens (tertiary/aromatic N) is 3. The van der Waals surface area contributed by atoms with Crippen LogP contribution in [0.2, 0.25) is 10.0 Å². The molecule has 0 saturated heterocycles. The Hall–Kier alpha value is -2.17. The number of ether oxygens (including phenoxy) is 1. The molecule has 1 heterocycles. The second-order valence-electron chi connectivity index (χ2n) is 5.69. The molecule has 2 aromatic carbocycles. The molecule has 0 radical (unpaired) electrons. The highest BCUT2D eigenvalue weighted by Crippen LogP contribution is 2.38. The number of hydrogen-bond donors (Lipinski definition) is 2. The number of aromatic nitrogens is 2. The van der Waals surface area contributed by atoms with Crippen molar-refractivity contribution in [2.75, 3.05) is 13.2 Å². The van der Waals surface area contributed by atoms with Gasteiger partial charge >= 0.3 is 0 Å². The molecule has 0 bridgehead atoms. The maximum absolute atomic E-state index is 14.3. The van der Waals surface area contributed by atoms with Crippen LogP contribution in [0.3, 0.4) is 0 Å². The van der Waals surface area contributed by atoms with E-state index >= 15 is 0 Å². The zero-order valence-corrected chi connectivity index (χ0v) is 16.4. The van der Waals surface area contributed by atoms with Crippen molar-refractivity contribution in [2.45, 2.75) is 6.04 Å². The Morgan fingerprint density at radius 2 is 1.96 bits per heavy atom. The van der Waals surface area contributed by atoms with Crippen molar-refractivity contribution in [3.8, 4) is 26.9 Å². The highest BCUT2D eigenvalue weighted by molar-refractivity contribution is 7.18. The van der Waals surface area contributed by atoms with Crippen molar-refractivity contribution >= 4 is 40.2 Å². The second-order valence-corrected chi connectivity index (χ2v) is 7.48. The number of rotatable bonds is 7. The van der Waals surface area contributed by atoms with E-state index in [4.69, 9.17) is 38.8 Å². The van der Waals surface area contributed by atoms with Crippen molar-refractivity contribution in [1.29, 1.82) is 0 Å². The van der Waals surface area contributed by atoms with E-state index in [-0.39, 0.29) is 34.7 Å². The number of halogens is 3. The number of aliphatic hydroxyl groups excluding tert-OH is 1. The predicted molar refractivity (Wildman–Crippen MR) is 107 cm³/mol. The first-order chi connectivity index (χ1) is 13.4. The zero-order chi connectivity index (χ0) is 20.3. The first kappa shape index (κ1) is 20.6. The van der Waals surface area contributed by atoms with Gasteiger partial charge in [0, 0.05) is 17.2 Å². The molecular formula is C17H13Cl2FN4O3S. The molecule has 1 unspecified atom stereocenters. The molecule has 0 aliphatic rings. The molecule has 0 spiro atoms. The van der Waals surface area contributed by atoms with Gasteiger partial charge in [-0.2, -0.15) is 0 Å². The zero-order valence-electron chi connectivity index (χ0n) is 14.1. The lowest BCUT2D eigenvalue weighted by atomic mass is 10.2. The quantitative estimate of drug-likeness (QED) is 0.524. The molecule has 28 heavy (non-hydrogen) atoms. The molecule has 3 rings (SSSR count). The highest BCUT2D eigenvalue weighted by Gasteiger charge is 2.17. The first-order valence-corrected chi connectivity index (χ1v) is 9.45. The summed E-state index contributed by atoms with van der Waals surface area (Å²) in [6.45, 7) is -0.340. The molecule has 0 aliphatic carbocycles. The lowest BCUT2D eigenvalue weighted by Crippen LogP contribution is -2.31. The van der Waals surface area contributed by atoms with Crippen molar-refractivity contribution in [2.24, 2.45) is 10.9 Å². The molecule has 3 aromatic rings. The van der Waals surface area contributed by atoms with Crippen molar-refractivity contribution in [3.63, 3.8) is 0 Å². The Kier molecular flexibility index (Phi) is 6.53. The lowest BCUT2D eigenvalue weighted by Gasteiger charge is -2.12. The molecule has 146 valence electrons. The topological polar surface area (TPSA) is 111 Å². The van der Waals surface area contributed by atoms with E-state index in [2.05, 4.69) is 15.4 Å². The average molecular weight is 443 g/mol. The molecule has 0 fully saturated rings. The molecular weight excluding hydrogens is 430 g/mol. The summed E-state index contributed by atoms with van der Waals surface area (Å²) >= 11 is 13.4. The van der Waals surface area contributed by atoms with Crippen molar-refractivity contribution < 1.29 is 14.2 Å². The van der Waals surface area contributed by atoms with Gasteiger partial charge < -0.3 is 15.6 Å². The van der Waals surface area contributed by atoms with E-state index < -0.39 is 11.9 Å². The van der Waals surface area contributed by atoms with Crippen LogP contribution < -0.4 is 10.5 Å². The third kappa shape index (κ3) is 4.45. The molecule has 0 amide bonds. The largest absolute Gasteiger partial charge is 0.489 e. The van der Waals surface area contributed by atoms with Crippen LogP contribution in [0.4, 0.5) is 10.1 Å². The van der Waals surface area contributed by atoms with Gasteiger partial charge in [-0.05, 0) is 29.4 Å². The maximum Gasteiger partial charge on any atom is 0.165 e. The first-order valence-electron chi connectivity index (χ1n) is 7.88. The minimum Gasteiger partial charge on any atom is -0.489 e. The third-order valence-corrected chi connectivity index (χ3v) is 5.28. The monoisotopic (exact) mass is 442 g/mol. The van der Waals surface area contributed by atoms with Crippen LogP contribution in [-0.2, 0) is 0 Å². The minimum absolute atomic E-state index is 0.0571. The second kappa shape index (κ2) is 8.89. The molecule has 0 aliphatic heterocycles. The van der Waals surface area contributed by atoms with E-state index in [0.29, 0.717) is 21.1 Å². The number of benzene rings is 2. The number of nitroso groups, excluding NO2 is 1. The van der Waals surface area contributed by atoms with Gasteiger partial charge in [-0.1, -0.05) is 34.5 Å². The summed E-state index contributed by atoms with van der Waals surface area (Å²) in [4.78, 5) is 10.6. The van der Waals surface area contributed by atoms with Gasteiger partial charge in [0.05, 0.1) is 22.7 Å². The summed E-state index contributed by atoms with van der Waals surface area (Å²) in [6, 6.07) is 6.54. The Labute approximate surface area is 172 Å². The fourth-order valence-electron chi connectivity index (χ4n) is 2.22. The van der Waals surface area contributed by atoms with Crippen LogP contribution >= 0.6 is 34.5 Å². The lowest BCUT2D eigenvalue weighted by molar-refractivity contribution is 0.202. The van der Waals surface area contributed by atoms with Gasteiger partial charge in [0.25, 0.3) is 0 Å². The standard InChI is InChI=1S/C17H13Cl2FN4O3S/c18-11-5-15(27-7-9(21)6-25)13(20)4-10(11)17-23-22-16(28-17)8-1-2-14(24-26)12(19)3-8/h1-5,9,25H,6-7,21H2.